The molecule has 5 N–H and O–H groups in total. The zero-order valence-corrected chi connectivity index (χ0v) is 21.5. The van der Waals surface area contributed by atoms with E-state index in [4.69, 9.17) is 10.5 Å². The molecule has 4 rings (SSSR count). The van der Waals surface area contributed by atoms with Crippen molar-refractivity contribution in [3.63, 3.8) is 0 Å². The lowest BCUT2D eigenvalue weighted by Crippen LogP contribution is -2.38. The van der Waals surface area contributed by atoms with Gasteiger partial charge in [-0.1, -0.05) is 24.3 Å². The number of carbonyl (C=O) groups is 1. The number of ether oxygens (including phenoxy) is 1. The van der Waals surface area contributed by atoms with Crippen LogP contribution < -0.4 is 10.5 Å². The normalized spacial score (nSPS) is 13.3. The number of Topliss-reactive ketones (excluding diaryl/α,β-unsaturated/α-hetero) is 1. The number of allylic oxidation sites excluding steroid dienone is 1. The minimum atomic E-state index is -4.35. The number of pyridine rings is 1. The molecule has 0 fully saturated rings. The fourth-order valence-corrected chi connectivity index (χ4v) is 4.56. The molecule has 11 nitrogen and oxygen atoms in total. The number of carbonyl (C=O) groups excluding carboxylic acids is 1. The number of fused-ring (bicyclic) bond motifs is 1. The Hall–Kier alpha value is -4.55. The summed E-state index contributed by atoms with van der Waals surface area (Å²) in [6.07, 6.45) is 1.39. The molecule has 12 heteroatoms. The molecule has 38 heavy (non-hydrogen) atoms. The molecule has 0 aliphatic heterocycles. The zero-order chi connectivity index (χ0) is 27.7. The number of nitrogens with zero attached hydrogens (tertiary/aromatic N) is 3. The number of hydrogen-bond donors (Lipinski definition) is 4. The number of rotatable bonds is 8. The topological polar surface area (TPSA) is 181 Å². The van der Waals surface area contributed by atoms with Crippen molar-refractivity contribution in [1.82, 2.24) is 15.0 Å². The number of ketones is 1. The van der Waals surface area contributed by atoms with Crippen molar-refractivity contribution >= 4 is 44.0 Å². The van der Waals surface area contributed by atoms with Crippen LogP contribution in [0.25, 0.3) is 22.4 Å². The van der Waals surface area contributed by atoms with Gasteiger partial charge in [0, 0.05) is 23.4 Å². The maximum atomic E-state index is 13.7. The Morgan fingerprint density at radius 1 is 1.08 bits per heavy atom. The molecule has 2 heterocycles. The van der Waals surface area contributed by atoms with Crippen LogP contribution in [0, 0.1) is 0 Å². The van der Waals surface area contributed by atoms with E-state index < -0.39 is 33.0 Å². The highest BCUT2D eigenvalue weighted by atomic mass is 32.2. The number of aromatic amines is 1. The maximum Gasteiger partial charge on any atom is 0.284 e. The Kier molecular flexibility index (Phi) is 7.03. The summed E-state index contributed by atoms with van der Waals surface area (Å²) in [5.41, 5.74) is 5.12. The number of aromatic nitrogens is 3. The number of nitrogens with two attached hydrogens (primary N) is 1. The van der Waals surface area contributed by atoms with Gasteiger partial charge in [0.25, 0.3) is 10.0 Å². The van der Waals surface area contributed by atoms with Crippen molar-refractivity contribution < 1.29 is 28.2 Å². The van der Waals surface area contributed by atoms with E-state index in [1.54, 1.807) is 24.3 Å². The first kappa shape index (κ1) is 26.5. The van der Waals surface area contributed by atoms with E-state index in [2.05, 4.69) is 19.3 Å². The fraction of sp³-hybridized carbons (Fsp3) is 0.154. The van der Waals surface area contributed by atoms with Gasteiger partial charge in [0.2, 0.25) is 11.7 Å². The predicted molar refractivity (Wildman–Crippen MR) is 142 cm³/mol. The Balaban J connectivity index is 1.90. The first-order chi connectivity index (χ1) is 17.9. The molecular formula is C26H25N5O6S. The van der Waals surface area contributed by atoms with Crippen molar-refractivity contribution in [3.05, 3.63) is 83.8 Å². The standard InChI is InChI=1S/C26H25N5O6S/c1-26(2,34)25(27)31-38(35,36)17-8-6-7-15(13-17)22(32)21(23(33)16-11-12-28-20(14-16)37-3)24-29-18-9-4-5-10-19(18)30-24/h4-14,32,34H,1-3H3,(H2,27,31)(H,29,30). The third-order valence-corrected chi connectivity index (χ3v) is 6.83. The van der Waals surface area contributed by atoms with E-state index >= 15 is 0 Å². The van der Waals surface area contributed by atoms with E-state index in [1.807, 2.05) is 0 Å². The van der Waals surface area contributed by atoms with Crippen molar-refractivity contribution in [2.24, 2.45) is 10.1 Å². The molecule has 0 saturated heterocycles. The van der Waals surface area contributed by atoms with Crippen LogP contribution in [-0.2, 0) is 10.0 Å². The number of imidazole rings is 1. The van der Waals surface area contributed by atoms with Crippen LogP contribution >= 0.6 is 0 Å². The van der Waals surface area contributed by atoms with Crippen molar-refractivity contribution in [3.8, 4) is 5.88 Å². The first-order valence-corrected chi connectivity index (χ1v) is 12.7. The number of H-pyrrole nitrogens is 1. The number of sulfonamides is 1. The van der Waals surface area contributed by atoms with Gasteiger partial charge in [-0.25, -0.2) is 9.97 Å². The van der Waals surface area contributed by atoms with Crippen LogP contribution in [0.1, 0.15) is 35.6 Å². The van der Waals surface area contributed by atoms with Gasteiger partial charge in [-0.05, 0) is 44.2 Å². The monoisotopic (exact) mass is 535 g/mol. The minimum Gasteiger partial charge on any atom is -0.506 e. The first-order valence-electron chi connectivity index (χ1n) is 11.3. The summed E-state index contributed by atoms with van der Waals surface area (Å²) in [7, 11) is -2.95. The summed E-state index contributed by atoms with van der Waals surface area (Å²) in [5, 5.41) is 21.4. The summed E-state index contributed by atoms with van der Waals surface area (Å²) in [5.74, 6) is -1.38. The SMILES string of the molecule is COc1cc(C(=O)C(=C(O)c2cccc(S(=O)(=O)N=C(N)C(C)(C)O)c2)c2nc3ccccc3[nH]2)ccn1. The van der Waals surface area contributed by atoms with Crippen molar-refractivity contribution in [2.45, 2.75) is 24.3 Å². The van der Waals surface area contributed by atoms with Crippen molar-refractivity contribution in [2.75, 3.05) is 7.11 Å². The highest BCUT2D eigenvalue weighted by Gasteiger charge is 2.26. The van der Waals surface area contributed by atoms with E-state index in [9.17, 15) is 23.4 Å². The number of amidine groups is 1. The number of aliphatic hydroxyl groups is 2. The van der Waals surface area contributed by atoms with Gasteiger partial charge in [0.15, 0.2) is 0 Å². The number of para-hydroxylation sites is 2. The second kappa shape index (κ2) is 10.1. The van der Waals surface area contributed by atoms with Gasteiger partial charge in [0.05, 0.1) is 23.0 Å². The molecule has 196 valence electrons. The molecule has 0 spiro atoms. The van der Waals surface area contributed by atoms with E-state index in [-0.39, 0.29) is 33.3 Å². The number of methoxy groups -OCH3 is 1. The molecule has 0 bridgehead atoms. The smallest absolute Gasteiger partial charge is 0.284 e. The Morgan fingerprint density at radius 3 is 2.50 bits per heavy atom. The molecular weight excluding hydrogens is 510 g/mol. The van der Waals surface area contributed by atoms with Crippen LogP contribution in [0.3, 0.4) is 0 Å². The van der Waals surface area contributed by atoms with Gasteiger partial charge in [-0.15, -0.1) is 4.40 Å². The molecule has 0 radical (unpaired) electrons. The fourth-order valence-electron chi connectivity index (χ4n) is 3.45. The highest BCUT2D eigenvalue weighted by Crippen LogP contribution is 2.30. The molecule has 0 unspecified atom stereocenters. The Morgan fingerprint density at radius 2 is 1.82 bits per heavy atom. The van der Waals surface area contributed by atoms with Crippen LogP contribution in [-0.4, -0.2) is 57.9 Å². The van der Waals surface area contributed by atoms with E-state index in [1.165, 1.54) is 57.5 Å². The van der Waals surface area contributed by atoms with Gasteiger partial charge < -0.3 is 25.7 Å². The van der Waals surface area contributed by atoms with Crippen LogP contribution in [0.4, 0.5) is 0 Å². The molecule has 0 atom stereocenters. The van der Waals surface area contributed by atoms with Gasteiger partial charge in [0.1, 0.15) is 28.6 Å². The quantitative estimate of drug-likeness (QED) is 0.0866. The van der Waals surface area contributed by atoms with E-state index in [0.717, 1.165) is 6.07 Å². The molecule has 2 aromatic carbocycles. The van der Waals surface area contributed by atoms with Gasteiger partial charge in [-0.3, -0.25) is 4.79 Å². The maximum absolute atomic E-state index is 13.7. The van der Waals surface area contributed by atoms with Crippen LogP contribution in [0.15, 0.2) is 76.2 Å². The zero-order valence-electron chi connectivity index (χ0n) is 20.7. The molecule has 0 aliphatic carbocycles. The third kappa shape index (κ3) is 5.41. The number of hydrogen-bond acceptors (Lipinski definition) is 8. The second-order valence-electron chi connectivity index (χ2n) is 8.78. The molecule has 2 aromatic heterocycles. The predicted octanol–water partition coefficient (Wildman–Crippen LogP) is 3.09. The Labute approximate surface area is 218 Å². The van der Waals surface area contributed by atoms with Gasteiger partial charge >= 0.3 is 0 Å². The molecule has 0 aliphatic rings. The lowest BCUT2D eigenvalue weighted by molar-refractivity contribution is 0.105. The van der Waals surface area contributed by atoms with Crippen molar-refractivity contribution in [1.29, 1.82) is 0 Å². The summed E-state index contributed by atoms with van der Waals surface area (Å²) < 4.78 is 34.3. The number of nitrogens with one attached hydrogen (secondary N) is 1. The molecule has 0 saturated carbocycles. The van der Waals surface area contributed by atoms with E-state index in [0.29, 0.717) is 11.0 Å². The summed E-state index contributed by atoms with van der Waals surface area (Å²) >= 11 is 0. The second-order valence-corrected chi connectivity index (χ2v) is 10.4. The molecule has 4 aromatic rings. The average molecular weight is 536 g/mol. The number of benzene rings is 2. The van der Waals surface area contributed by atoms with Crippen LogP contribution in [0.2, 0.25) is 0 Å². The summed E-state index contributed by atoms with van der Waals surface area (Å²) in [6, 6.07) is 15.1. The third-order valence-electron chi connectivity index (χ3n) is 5.55. The highest BCUT2D eigenvalue weighted by molar-refractivity contribution is 7.90. The van der Waals surface area contributed by atoms with Crippen LogP contribution in [0.5, 0.6) is 5.88 Å². The minimum absolute atomic E-state index is 0.00734. The molecule has 0 amide bonds. The largest absolute Gasteiger partial charge is 0.506 e. The summed E-state index contributed by atoms with van der Waals surface area (Å²) in [4.78, 5) is 24.9. The Bertz CT molecular complexity index is 1670. The number of aliphatic hydroxyl groups excluding tert-OH is 1. The summed E-state index contributed by atoms with van der Waals surface area (Å²) in [6.45, 7) is 2.59. The lowest BCUT2D eigenvalue weighted by atomic mass is 9.99. The average Bonchev–Trinajstić information content (AvgIpc) is 3.31. The van der Waals surface area contributed by atoms with Gasteiger partial charge in [-0.2, -0.15) is 8.42 Å². The lowest BCUT2D eigenvalue weighted by Gasteiger charge is -2.16.